The Morgan fingerprint density at radius 1 is 1.27 bits per heavy atom. The minimum Gasteiger partial charge on any atom is -0.383 e. The Hall–Kier alpha value is -1.70. The highest BCUT2D eigenvalue weighted by Gasteiger charge is 2.31. The van der Waals surface area contributed by atoms with E-state index < -0.39 is 0 Å². The Bertz CT molecular complexity index is 899. The van der Waals surface area contributed by atoms with Gasteiger partial charge in [-0.15, -0.1) is 0 Å². The minimum absolute atomic E-state index is 0.228. The predicted molar refractivity (Wildman–Crippen MR) is 93.0 cm³/mol. The standard InChI is InChI=1S/C16H14FIN4/c1-22-15(8-2-3-8)11(6-21-22)9-4-5-10-12(18)7-20-16(19)13(10)14(9)17/h4-8H,2-3H2,1H3,(H2,19,20). The first kappa shape index (κ1) is 13.9. The van der Waals surface area contributed by atoms with Gasteiger partial charge in [0.05, 0.1) is 11.6 Å². The van der Waals surface area contributed by atoms with E-state index in [0.29, 0.717) is 16.9 Å². The van der Waals surface area contributed by atoms with Crippen LogP contribution in [0.3, 0.4) is 0 Å². The second-order valence-electron chi connectivity index (χ2n) is 5.68. The van der Waals surface area contributed by atoms with Crippen molar-refractivity contribution < 1.29 is 4.39 Å². The zero-order valence-electron chi connectivity index (χ0n) is 12.0. The molecule has 1 saturated carbocycles. The molecule has 0 bridgehead atoms. The maximum absolute atomic E-state index is 15.1. The largest absolute Gasteiger partial charge is 0.383 e. The lowest BCUT2D eigenvalue weighted by atomic mass is 9.99. The van der Waals surface area contributed by atoms with Gasteiger partial charge >= 0.3 is 0 Å². The van der Waals surface area contributed by atoms with Gasteiger partial charge in [0, 0.05) is 44.9 Å². The highest BCUT2D eigenvalue weighted by Crippen LogP contribution is 2.45. The van der Waals surface area contributed by atoms with Gasteiger partial charge in [-0.25, -0.2) is 9.37 Å². The van der Waals surface area contributed by atoms with Gasteiger partial charge in [0.15, 0.2) is 0 Å². The Balaban J connectivity index is 2.01. The molecule has 0 saturated heterocycles. The predicted octanol–water partition coefficient (Wildman–Crippen LogP) is 3.84. The maximum Gasteiger partial charge on any atom is 0.142 e. The van der Waals surface area contributed by atoms with Crippen LogP contribution in [0, 0.1) is 9.39 Å². The van der Waals surface area contributed by atoms with E-state index in [1.165, 1.54) is 0 Å². The van der Waals surface area contributed by atoms with Crippen LogP contribution in [0.5, 0.6) is 0 Å². The molecule has 112 valence electrons. The zero-order chi connectivity index (χ0) is 15.4. The molecular formula is C16H14FIN4. The number of nitrogens with zero attached hydrogens (tertiary/aromatic N) is 3. The molecule has 0 radical (unpaired) electrons. The molecule has 1 aliphatic carbocycles. The summed E-state index contributed by atoms with van der Waals surface area (Å²) in [5.74, 6) is 0.409. The first-order chi connectivity index (χ1) is 10.6. The maximum atomic E-state index is 15.1. The fraction of sp³-hybridized carbons (Fsp3) is 0.250. The number of aryl methyl sites for hydroxylation is 1. The number of hydrogen-bond acceptors (Lipinski definition) is 3. The summed E-state index contributed by atoms with van der Waals surface area (Å²) in [5, 5.41) is 5.51. The van der Waals surface area contributed by atoms with Crippen molar-refractivity contribution in [1.29, 1.82) is 0 Å². The van der Waals surface area contributed by atoms with Gasteiger partial charge in [0.25, 0.3) is 0 Å². The quantitative estimate of drug-likeness (QED) is 0.656. The first-order valence-electron chi connectivity index (χ1n) is 7.12. The number of rotatable bonds is 2. The number of anilines is 1. The van der Waals surface area contributed by atoms with Crippen LogP contribution in [0.15, 0.2) is 24.5 Å². The molecule has 6 heteroatoms. The van der Waals surface area contributed by atoms with E-state index in [4.69, 9.17) is 5.73 Å². The van der Waals surface area contributed by atoms with Crippen LogP contribution in [0.25, 0.3) is 21.9 Å². The van der Waals surface area contributed by atoms with Gasteiger partial charge in [-0.1, -0.05) is 12.1 Å². The number of fused-ring (bicyclic) bond motifs is 1. The van der Waals surface area contributed by atoms with Crippen LogP contribution >= 0.6 is 22.6 Å². The molecule has 2 heterocycles. The molecule has 0 unspecified atom stereocenters. The van der Waals surface area contributed by atoms with Crippen LogP contribution in [0.4, 0.5) is 10.2 Å². The van der Waals surface area contributed by atoms with E-state index >= 15 is 4.39 Å². The fourth-order valence-corrected chi connectivity index (χ4v) is 3.58. The van der Waals surface area contributed by atoms with Crippen LogP contribution in [0.1, 0.15) is 24.5 Å². The normalized spacial score (nSPS) is 14.7. The molecule has 4 nitrogen and oxygen atoms in total. The average molecular weight is 408 g/mol. The van der Waals surface area contributed by atoms with Gasteiger partial charge in [-0.3, -0.25) is 4.68 Å². The number of nitrogens with two attached hydrogens (primary N) is 1. The van der Waals surface area contributed by atoms with Crippen molar-refractivity contribution in [1.82, 2.24) is 14.8 Å². The molecule has 0 atom stereocenters. The number of pyridine rings is 1. The molecule has 4 rings (SSSR count). The Morgan fingerprint density at radius 3 is 2.77 bits per heavy atom. The van der Waals surface area contributed by atoms with Crippen LogP contribution in [-0.4, -0.2) is 14.8 Å². The van der Waals surface area contributed by atoms with Crippen molar-refractivity contribution in [2.24, 2.45) is 7.05 Å². The van der Waals surface area contributed by atoms with E-state index in [-0.39, 0.29) is 11.6 Å². The molecule has 2 N–H and O–H groups in total. The van der Waals surface area contributed by atoms with Gasteiger partial charge < -0.3 is 5.73 Å². The highest BCUT2D eigenvalue weighted by molar-refractivity contribution is 14.1. The van der Waals surface area contributed by atoms with Crippen LogP contribution in [0.2, 0.25) is 0 Å². The third kappa shape index (κ3) is 2.00. The van der Waals surface area contributed by atoms with Crippen molar-refractivity contribution >= 4 is 39.2 Å². The molecule has 1 fully saturated rings. The number of aromatic nitrogens is 3. The monoisotopic (exact) mass is 408 g/mol. The Morgan fingerprint density at radius 2 is 2.05 bits per heavy atom. The fourth-order valence-electron chi connectivity index (χ4n) is 2.99. The summed E-state index contributed by atoms with van der Waals surface area (Å²) in [4.78, 5) is 4.09. The second kappa shape index (κ2) is 4.91. The Kier molecular flexibility index (Phi) is 3.11. The van der Waals surface area contributed by atoms with Crippen LogP contribution in [-0.2, 0) is 7.05 Å². The van der Waals surface area contributed by atoms with Crippen molar-refractivity contribution in [2.75, 3.05) is 5.73 Å². The van der Waals surface area contributed by atoms with E-state index in [9.17, 15) is 0 Å². The minimum atomic E-state index is -0.309. The summed E-state index contributed by atoms with van der Waals surface area (Å²) in [6.07, 6.45) is 5.69. The molecule has 3 aromatic rings. The average Bonchev–Trinajstić information content (AvgIpc) is 3.26. The summed E-state index contributed by atoms with van der Waals surface area (Å²) >= 11 is 2.15. The van der Waals surface area contributed by atoms with E-state index in [2.05, 4.69) is 32.7 Å². The molecule has 2 aromatic heterocycles. The molecule has 22 heavy (non-hydrogen) atoms. The Labute approximate surface area is 140 Å². The van der Waals surface area contributed by atoms with Gasteiger partial charge in [-0.2, -0.15) is 5.10 Å². The summed E-state index contributed by atoms with van der Waals surface area (Å²) in [7, 11) is 1.91. The van der Waals surface area contributed by atoms with Crippen molar-refractivity contribution in [3.05, 3.63) is 39.6 Å². The molecule has 1 aliphatic rings. The van der Waals surface area contributed by atoms with Gasteiger partial charge in [0.2, 0.25) is 0 Å². The molecule has 1 aromatic carbocycles. The summed E-state index contributed by atoms with van der Waals surface area (Å²) < 4.78 is 17.9. The molecule has 0 amide bonds. The third-order valence-corrected chi connectivity index (χ3v) is 5.07. The number of halogens is 2. The summed E-state index contributed by atoms with van der Waals surface area (Å²) in [5.41, 5.74) is 8.44. The van der Waals surface area contributed by atoms with Gasteiger partial charge in [-0.05, 0) is 35.4 Å². The number of nitrogen functional groups attached to an aromatic ring is 1. The topological polar surface area (TPSA) is 56.7 Å². The summed E-state index contributed by atoms with van der Waals surface area (Å²) in [6.45, 7) is 0. The van der Waals surface area contributed by atoms with Crippen molar-refractivity contribution in [3.8, 4) is 11.1 Å². The lowest BCUT2D eigenvalue weighted by molar-refractivity contribution is 0.642. The number of hydrogen-bond donors (Lipinski definition) is 1. The van der Waals surface area contributed by atoms with E-state index in [1.54, 1.807) is 12.4 Å². The summed E-state index contributed by atoms with van der Waals surface area (Å²) in [6, 6.07) is 3.74. The van der Waals surface area contributed by atoms with Crippen LogP contribution < -0.4 is 5.73 Å². The van der Waals surface area contributed by atoms with E-state index in [1.807, 2.05) is 23.9 Å². The third-order valence-electron chi connectivity index (χ3n) is 4.21. The lowest BCUT2D eigenvalue weighted by Gasteiger charge is -2.10. The molecular weight excluding hydrogens is 394 g/mol. The SMILES string of the molecule is Cn1ncc(-c2ccc3c(I)cnc(N)c3c2F)c1C1CC1. The number of benzene rings is 1. The zero-order valence-corrected chi connectivity index (χ0v) is 14.1. The van der Waals surface area contributed by atoms with Crippen molar-refractivity contribution in [2.45, 2.75) is 18.8 Å². The molecule has 0 spiro atoms. The first-order valence-corrected chi connectivity index (χ1v) is 8.20. The van der Waals surface area contributed by atoms with Gasteiger partial charge in [0.1, 0.15) is 11.6 Å². The second-order valence-corrected chi connectivity index (χ2v) is 6.84. The smallest absolute Gasteiger partial charge is 0.142 e. The van der Waals surface area contributed by atoms with E-state index in [0.717, 1.165) is 33.1 Å². The lowest BCUT2D eigenvalue weighted by Crippen LogP contribution is -1.99. The van der Waals surface area contributed by atoms with Crippen molar-refractivity contribution in [3.63, 3.8) is 0 Å². The highest BCUT2D eigenvalue weighted by atomic mass is 127. The molecule has 0 aliphatic heterocycles.